The topological polar surface area (TPSA) is 73.6 Å². The summed E-state index contributed by atoms with van der Waals surface area (Å²) in [5, 5.41) is 2.65. The first-order valence-corrected chi connectivity index (χ1v) is 7.13. The molecule has 0 aromatic carbocycles. The molecule has 0 fully saturated rings. The van der Waals surface area contributed by atoms with Gasteiger partial charge in [0, 0.05) is 6.54 Å². The maximum absolute atomic E-state index is 11.0. The molecule has 0 saturated heterocycles. The number of amides is 1. The third-order valence-corrected chi connectivity index (χ3v) is 3.52. The van der Waals surface area contributed by atoms with Gasteiger partial charge in [-0.25, -0.2) is 5.90 Å². The van der Waals surface area contributed by atoms with Crippen LogP contribution < -0.4 is 11.2 Å². The molecule has 0 aliphatic rings. The molecule has 0 atom stereocenters. The molecule has 0 aliphatic heterocycles. The SMILES string of the molecule is CC(C)(CS)CC(C)(C)COCCNC(=O)CON. The molecule has 19 heavy (non-hydrogen) atoms. The van der Waals surface area contributed by atoms with Crippen molar-refractivity contribution in [3.05, 3.63) is 0 Å². The molecule has 0 spiro atoms. The van der Waals surface area contributed by atoms with E-state index in [2.05, 4.69) is 50.5 Å². The van der Waals surface area contributed by atoms with Gasteiger partial charge in [0.1, 0.15) is 6.61 Å². The Morgan fingerprint density at radius 3 is 2.42 bits per heavy atom. The minimum atomic E-state index is -0.235. The van der Waals surface area contributed by atoms with E-state index in [1.54, 1.807) is 0 Å². The molecule has 0 unspecified atom stereocenters. The van der Waals surface area contributed by atoms with Gasteiger partial charge in [0.25, 0.3) is 0 Å². The second kappa shape index (κ2) is 8.79. The number of rotatable bonds is 10. The molecule has 0 aromatic rings. The van der Waals surface area contributed by atoms with E-state index in [0.717, 1.165) is 12.2 Å². The molecule has 0 saturated carbocycles. The van der Waals surface area contributed by atoms with Gasteiger partial charge < -0.3 is 10.1 Å². The molecule has 0 aliphatic carbocycles. The van der Waals surface area contributed by atoms with Gasteiger partial charge in [-0.15, -0.1) is 0 Å². The number of nitrogens with one attached hydrogen (secondary N) is 1. The fraction of sp³-hybridized carbons (Fsp3) is 0.923. The molecule has 114 valence electrons. The summed E-state index contributed by atoms with van der Waals surface area (Å²) in [6.07, 6.45) is 1.04. The van der Waals surface area contributed by atoms with E-state index in [9.17, 15) is 4.79 Å². The van der Waals surface area contributed by atoms with Gasteiger partial charge >= 0.3 is 0 Å². The molecule has 0 aromatic heterocycles. The van der Waals surface area contributed by atoms with Gasteiger partial charge in [0.2, 0.25) is 5.91 Å². The fourth-order valence-electron chi connectivity index (χ4n) is 2.14. The molecule has 5 nitrogen and oxygen atoms in total. The zero-order chi connectivity index (χ0) is 14.9. The van der Waals surface area contributed by atoms with Crippen LogP contribution in [0.25, 0.3) is 0 Å². The van der Waals surface area contributed by atoms with Crippen molar-refractivity contribution in [2.45, 2.75) is 34.1 Å². The number of hydrogen-bond acceptors (Lipinski definition) is 5. The van der Waals surface area contributed by atoms with Gasteiger partial charge in [-0.1, -0.05) is 27.7 Å². The largest absolute Gasteiger partial charge is 0.379 e. The summed E-state index contributed by atoms with van der Waals surface area (Å²) < 4.78 is 5.61. The summed E-state index contributed by atoms with van der Waals surface area (Å²) in [5.74, 6) is 5.41. The Hall–Kier alpha value is -0.300. The van der Waals surface area contributed by atoms with Crippen LogP contribution in [0, 0.1) is 10.8 Å². The molecule has 1 amide bonds. The van der Waals surface area contributed by atoms with Crippen LogP contribution >= 0.6 is 12.6 Å². The van der Waals surface area contributed by atoms with Gasteiger partial charge in [-0.2, -0.15) is 12.6 Å². The second-order valence-corrected chi connectivity index (χ2v) is 6.69. The summed E-state index contributed by atoms with van der Waals surface area (Å²) in [4.78, 5) is 15.3. The first-order chi connectivity index (χ1) is 8.72. The van der Waals surface area contributed by atoms with Crippen molar-refractivity contribution < 1.29 is 14.4 Å². The first-order valence-electron chi connectivity index (χ1n) is 6.49. The highest BCUT2D eigenvalue weighted by molar-refractivity contribution is 7.80. The molecule has 6 heteroatoms. The minimum Gasteiger partial charge on any atom is -0.379 e. The molecule has 0 radical (unpaired) electrons. The lowest BCUT2D eigenvalue weighted by molar-refractivity contribution is -0.126. The highest BCUT2D eigenvalue weighted by Crippen LogP contribution is 2.34. The third-order valence-electron chi connectivity index (χ3n) is 2.66. The number of thiol groups is 1. The van der Waals surface area contributed by atoms with Crippen LogP contribution in [-0.2, 0) is 14.4 Å². The van der Waals surface area contributed by atoms with Crippen LogP contribution in [0.4, 0.5) is 0 Å². The second-order valence-electron chi connectivity index (χ2n) is 6.38. The summed E-state index contributed by atoms with van der Waals surface area (Å²) in [5.41, 5.74) is 0.291. The Bertz CT molecular complexity index is 271. The molecule has 0 heterocycles. The van der Waals surface area contributed by atoms with Crippen molar-refractivity contribution >= 4 is 18.5 Å². The lowest BCUT2D eigenvalue weighted by atomic mass is 9.76. The fourth-order valence-corrected chi connectivity index (χ4v) is 2.25. The maximum atomic E-state index is 11.0. The van der Waals surface area contributed by atoms with E-state index in [1.807, 2.05) is 0 Å². The summed E-state index contributed by atoms with van der Waals surface area (Å²) in [7, 11) is 0. The lowest BCUT2D eigenvalue weighted by Gasteiger charge is -2.33. The van der Waals surface area contributed by atoms with Crippen molar-refractivity contribution in [2.24, 2.45) is 16.7 Å². The highest BCUT2D eigenvalue weighted by Gasteiger charge is 2.27. The third kappa shape index (κ3) is 10.2. The van der Waals surface area contributed by atoms with Gasteiger partial charge in [-0.05, 0) is 23.0 Å². The van der Waals surface area contributed by atoms with E-state index in [1.165, 1.54) is 0 Å². The predicted octanol–water partition coefficient (Wildman–Crippen LogP) is 1.38. The number of ether oxygens (including phenoxy) is 1. The zero-order valence-corrected chi connectivity index (χ0v) is 13.4. The van der Waals surface area contributed by atoms with Gasteiger partial charge in [0.05, 0.1) is 13.2 Å². The molecular weight excluding hydrogens is 264 g/mol. The van der Waals surface area contributed by atoms with E-state index in [0.29, 0.717) is 19.8 Å². The predicted molar refractivity (Wildman–Crippen MR) is 80.0 cm³/mol. The number of carbonyl (C=O) groups excluding carboxylic acids is 1. The van der Waals surface area contributed by atoms with Crippen molar-refractivity contribution in [1.82, 2.24) is 5.32 Å². The van der Waals surface area contributed by atoms with Crippen molar-refractivity contribution in [2.75, 3.05) is 32.1 Å². The Kier molecular flexibility index (Phi) is 8.65. The molecular formula is C13H28N2O3S. The van der Waals surface area contributed by atoms with Crippen LogP contribution in [0.3, 0.4) is 0 Å². The van der Waals surface area contributed by atoms with E-state index < -0.39 is 0 Å². The normalized spacial score (nSPS) is 12.5. The van der Waals surface area contributed by atoms with Crippen molar-refractivity contribution in [3.8, 4) is 0 Å². The van der Waals surface area contributed by atoms with E-state index >= 15 is 0 Å². The summed E-state index contributed by atoms with van der Waals surface area (Å²) in [6.45, 7) is 10.3. The summed E-state index contributed by atoms with van der Waals surface area (Å²) in [6, 6.07) is 0. The van der Waals surface area contributed by atoms with E-state index in [4.69, 9.17) is 10.6 Å². The Labute approximate surface area is 122 Å². The lowest BCUT2D eigenvalue weighted by Crippen LogP contribution is -2.33. The van der Waals surface area contributed by atoms with Gasteiger partial charge in [0.15, 0.2) is 0 Å². The average molecular weight is 292 g/mol. The smallest absolute Gasteiger partial charge is 0.248 e. The highest BCUT2D eigenvalue weighted by atomic mass is 32.1. The van der Waals surface area contributed by atoms with Crippen LogP contribution in [-0.4, -0.2) is 38.0 Å². The minimum absolute atomic E-state index is 0.0939. The van der Waals surface area contributed by atoms with E-state index in [-0.39, 0.29) is 23.3 Å². The maximum Gasteiger partial charge on any atom is 0.248 e. The molecule has 0 rings (SSSR count). The van der Waals surface area contributed by atoms with Gasteiger partial charge in [-0.3, -0.25) is 9.63 Å². The Morgan fingerprint density at radius 1 is 1.26 bits per heavy atom. The number of carbonyl (C=O) groups is 1. The Balaban J connectivity index is 3.78. The van der Waals surface area contributed by atoms with Crippen molar-refractivity contribution in [1.29, 1.82) is 0 Å². The van der Waals surface area contributed by atoms with Crippen molar-refractivity contribution in [3.63, 3.8) is 0 Å². The van der Waals surface area contributed by atoms with Crippen LogP contribution in [0.15, 0.2) is 0 Å². The standard InChI is InChI=1S/C13H28N2O3S/c1-12(2,8-13(3,4)10-19)9-17-6-5-15-11(16)7-18-14/h19H,5-10,14H2,1-4H3,(H,15,16). The quantitative estimate of drug-likeness (QED) is 0.323. The summed E-state index contributed by atoms with van der Waals surface area (Å²) >= 11 is 4.37. The van der Waals surface area contributed by atoms with Crippen LogP contribution in [0.1, 0.15) is 34.1 Å². The van der Waals surface area contributed by atoms with Crippen LogP contribution in [0.2, 0.25) is 0 Å². The zero-order valence-electron chi connectivity index (χ0n) is 12.5. The first kappa shape index (κ1) is 18.7. The number of hydrogen-bond donors (Lipinski definition) is 3. The Morgan fingerprint density at radius 2 is 1.89 bits per heavy atom. The molecule has 0 bridgehead atoms. The number of nitrogens with two attached hydrogens (primary N) is 1. The van der Waals surface area contributed by atoms with Crippen LogP contribution in [0.5, 0.6) is 0 Å². The monoisotopic (exact) mass is 292 g/mol. The molecule has 3 N–H and O–H groups in total. The average Bonchev–Trinajstić information content (AvgIpc) is 2.27.